The van der Waals surface area contributed by atoms with Gasteiger partial charge in [-0.1, -0.05) is 31.2 Å². The number of nitrogens with one attached hydrogen (secondary N) is 1. The molecule has 2 aliphatic heterocycles. The summed E-state index contributed by atoms with van der Waals surface area (Å²) in [6, 6.07) is 6.18. The number of hydrogen-bond donors (Lipinski definition) is 2. The lowest BCUT2D eigenvalue weighted by Gasteiger charge is -2.43. The summed E-state index contributed by atoms with van der Waals surface area (Å²) in [5.74, 6) is 2.57. The molecule has 2 atom stereocenters. The summed E-state index contributed by atoms with van der Waals surface area (Å²) in [6.45, 7) is 9.35. The van der Waals surface area contributed by atoms with Crippen molar-refractivity contribution in [3.05, 3.63) is 77.0 Å². The molecule has 0 aromatic carbocycles. The molecule has 10 heteroatoms. The van der Waals surface area contributed by atoms with Gasteiger partial charge in [-0.3, -0.25) is 4.79 Å². The van der Waals surface area contributed by atoms with Crippen molar-refractivity contribution in [2.75, 3.05) is 31.6 Å². The summed E-state index contributed by atoms with van der Waals surface area (Å²) in [4.78, 5) is 30.0. The maximum atomic E-state index is 13.3. The van der Waals surface area contributed by atoms with Crippen LogP contribution in [-0.4, -0.2) is 66.7 Å². The van der Waals surface area contributed by atoms with Crippen LogP contribution < -0.4 is 10.9 Å². The molecule has 1 saturated carbocycles. The molecule has 10 nitrogen and oxygen atoms in total. The Kier molecular flexibility index (Phi) is 7.08. The molecule has 2 N–H and O–H groups in total. The van der Waals surface area contributed by atoms with Crippen molar-refractivity contribution in [3.63, 3.8) is 0 Å². The van der Waals surface area contributed by atoms with E-state index < -0.39 is 5.60 Å². The minimum absolute atomic E-state index is 0.188. The van der Waals surface area contributed by atoms with Crippen LogP contribution in [0.5, 0.6) is 0 Å². The number of aromatic nitrogens is 5. The molecule has 0 spiro atoms. The third kappa shape index (κ3) is 4.81. The monoisotopic (exact) mass is 569 g/mol. The molecule has 2 aliphatic carbocycles. The zero-order valence-corrected chi connectivity index (χ0v) is 24.2. The highest BCUT2D eigenvalue weighted by Gasteiger charge is 2.40. The lowest BCUT2D eigenvalue weighted by molar-refractivity contribution is -0.186. The number of ether oxygens (including phenoxy) is 1. The number of fused-ring (bicyclic) bond motifs is 1. The molecule has 42 heavy (non-hydrogen) atoms. The second kappa shape index (κ2) is 10.9. The van der Waals surface area contributed by atoms with Gasteiger partial charge in [0, 0.05) is 17.9 Å². The Balaban J connectivity index is 1.13. The van der Waals surface area contributed by atoms with E-state index in [9.17, 15) is 9.90 Å². The van der Waals surface area contributed by atoms with Crippen LogP contribution in [0.1, 0.15) is 44.7 Å². The first-order chi connectivity index (χ1) is 20.4. The minimum Gasteiger partial charge on any atom is -0.379 e. The standard InChI is InChI=1S/C32H39N7O3/c1-3-14-38-30(40)26-18-33-31(36-29(26)39(38)28-7-4-6-27(35-28)32(41)19-42-20-32)34-23-10-13-25(21(2)17-23)22-8-11-24(12-9-22)37-15-5-16-37/h3-4,6-7,10,13,17-18,21-22,24-25,41H,1,5,8-9,11-12,14-16,19-20H2,2H3,(H,33,34,36). The Hall–Kier alpha value is -3.60. The van der Waals surface area contributed by atoms with Gasteiger partial charge in [0.15, 0.2) is 17.1 Å². The Morgan fingerprint density at radius 3 is 2.67 bits per heavy atom. The Labute approximate surface area is 245 Å². The number of anilines is 1. The zero-order chi connectivity index (χ0) is 28.8. The van der Waals surface area contributed by atoms with E-state index in [1.54, 1.807) is 29.1 Å². The molecule has 3 fully saturated rings. The Morgan fingerprint density at radius 1 is 1.19 bits per heavy atom. The molecule has 4 aliphatic rings. The largest absolute Gasteiger partial charge is 0.379 e. The van der Waals surface area contributed by atoms with Gasteiger partial charge in [-0.15, -0.1) is 6.58 Å². The van der Waals surface area contributed by atoms with Crippen LogP contribution in [0.4, 0.5) is 5.95 Å². The van der Waals surface area contributed by atoms with E-state index >= 15 is 0 Å². The zero-order valence-electron chi connectivity index (χ0n) is 24.2. The first-order valence-electron chi connectivity index (χ1n) is 15.2. The number of hydrogen-bond acceptors (Lipinski definition) is 8. The predicted octanol–water partition coefficient (Wildman–Crippen LogP) is 3.76. The van der Waals surface area contributed by atoms with Crippen LogP contribution in [0.15, 0.2) is 65.8 Å². The average Bonchev–Trinajstić information content (AvgIpc) is 3.22. The summed E-state index contributed by atoms with van der Waals surface area (Å²) in [7, 11) is 0. The number of likely N-dealkylation sites (tertiary alicyclic amines) is 1. The molecule has 2 unspecified atom stereocenters. The van der Waals surface area contributed by atoms with Gasteiger partial charge in [0.2, 0.25) is 5.95 Å². The summed E-state index contributed by atoms with van der Waals surface area (Å²) in [5, 5.41) is 14.6. The van der Waals surface area contributed by atoms with Crippen LogP contribution in [0, 0.1) is 17.8 Å². The topological polar surface area (TPSA) is 110 Å². The molecule has 3 aromatic rings. The maximum absolute atomic E-state index is 13.3. The number of nitrogens with zero attached hydrogens (tertiary/aromatic N) is 6. The van der Waals surface area contributed by atoms with E-state index in [4.69, 9.17) is 14.7 Å². The first-order valence-corrected chi connectivity index (χ1v) is 15.2. The lowest BCUT2D eigenvalue weighted by Crippen LogP contribution is -2.47. The van der Waals surface area contributed by atoms with Crippen molar-refractivity contribution in [1.29, 1.82) is 0 Å². The fourth-order valence-corrected chi connectivity index (χ4v) is 7.05. The molecule has 3 aromatic heterocycles. The molecule has 220 valence electrons. The van der Waals surface area contributed by atoms with Gasteiger partial charge in [0.1, 0.15) is 5.39 Å². The van der Waals surface area contributed by atoms with E-state index in [0.29, 0.717) is 40.3 Å². The highest BCUT2D eigenvalue weighted by molar-refractivity contribution is 5.76. The fraction of sp³-hybridized carbons (Fsp3) is 0.500. The minimum atomic E-state index is -1.13. The summed E-state index contributed by atoms with van der Waals surface area (Å²) in [6.07, 6.45) is 16.6. The van der Waals surface area contributed by atoms with Crippen molar-refractivity contribution < 1.29 is 9.84 Å². The van der Waals surface area contributed by atoms with Gasteiger partial charge in [0.25, 0.3) is 5.56 Å². The van der Waals surface area contributed by atoms with Gasteiger partial charge >= 0.3 is 0 Å². The van der Waals surface area contributed by atoms with Crippen LogP contribution in [0.2, 0.25) is 0 Å². The van der Waals surface area contributed by atoms with Crippen LogP contribution in [0.25, 0.3) is 16.9 Å². The van der Waals surface area contributed by atoms with E-state index in [1.165, 1.54) is 49.9 Å². The van der Waals surface area contributed by atoms with Gasteiger partial charge < -0.3 is 20.1 Å². The van der Waals surface area contributed by atoms with Crippen LogP contribution >= 0.6 is 0 Å². The maximum Gasteiger partial charge on any atom is 0.278 e. The van der Waals surface area contributed by atoms with Crippen molar-refractivity contribution in [2.24, 2.45) is 17.8 Å². The number of rotatable bonds is 8. The predicted molar refractivity (Wildman–Crippen MR) is 161 cm³/mol. The fourth-order valence-electron chi connectivity index (χ4n) is 7.05. The highest BCUT2D eigenvalue weighted by atomic mass is 16.5. The number of allylic oxidation sites excluding steroid dienone is 4. The first kappa shape index (κ1) is 27.2. The highest BCUT2D eigenvalue weighted by Crippen LogP contribution is 2.39. The van der Waals surface area contributed by atoms with Gasteiger partial charge in [0.05, 0.1) is 25.5 Å². The summed E-state index contributed by atoms with van der Waals surface area (Å²) >= 11 is 0. The molecule has 7 rings (SSSR count). The second-order valence-electron chi connectivity index (χ2n) is 12.3. The SMILES string of the molecule is C=CCn1c(=O)c2cnc(NC3=CC(C)C(C4CCC(N5CCC5)CC4)C=C3)nc2n1-c1cccc(C2(O)COC2)n1. The van der Waals surface area contributed by atoms with Gasteiger partial charge in [-0.05, 0) is 81.2 Å². The second-order valence-corrected chi connectivity index (χ2v) is 12.3. The summed E-state index contributed by atoms with van der Waals surface area (Å²) in [5.41, 5.74) is 0.525. The Bertz CT molecular complexity index is 1610. The van der Waals surface area contributed by atoms with E-state index in [2.05, 4.69) is 46.9 Å². The number of pyridine rings is 1. The number of aliphatic hydroxyl groups is 1. The lowest BCUT2D eigenvalue weighted by atomic mass is 9.71. The molecule has 0 bridgehead atoms. The third-order valence-electron chi connectivity index (χ3n) is 9.58. The quantitative estimate of drug-likeness (QED) is 0.395. The van der Waals surface area contributed by atoms with E-state index in [0.717, 1.165) is 17.7 Å². The van der Waals surface area contributed by atoms with E-state index in [1.807, 2.05) is 6.07 Å². The summed E-state index contributed by atoms with van der Waals surface area (Å²) < 4.78 is 8.44. The normalized spacial score (nSPS) is 27.2. The van der Waals surface area contributed by atoms with Crippen molar-refractivity contribution in [2.45, 2.75) is 57.2 Å². The van der Waals surface area contributed by atoms with Crippen LogP contribution in [0.3, 0.4) is 0 Å². The molecular formula is C32H39N7O3. The van der Waals surface area contributed by atoms with Crippen molar-refractivity contribution in [1.82, 2.24) is 29.2 Å². The third-order valence-corrected chi connectivity index (χ3v) is 9.58. The molecule has 0 amide bonds. The van der Waals surface area contributed by atoms with Crippen molar-refractivity contribution >= 4 is 17.0 Å². The molecular weight excluding hydrogens is 530 g/mol. The Morgan fingerprint density at radius 2 is 2.00 bits per heavy atom. The average molecular weight is 570 g/mol. The van der Waals surface area contributed by atoms with Crippen LogP contribution in [-0.2, 0) is 16.9 Å². The molecule has 5 heterocycles. The van der Waals surface area contributed by atoms with Gasteiger partial charge in [-0.2, -0.15) is 4.98 Å². The van der Waals surface area contributed by atoms with Gasteiger partial charge in [-0.25, -0.2) is 19.3 Å². The van der Waals surface area contributed by atoms with E-state index in [-0.39, 0.29) is 25.3 Å². The molecule has 2 saturated heterocycles. The molecule has 0 radical (unpaired) electrons. The smallest absolute Gasteiger partial charge is 0.278 e. The van der Waals surface area contributed by atoms with Crippen molar-refractivity contribution in [3.8, 4) is 5.82 Å².